The lowest BCUT2D eigenvalue weighted by Gasteiger charge is -2.25. The number of ether oxygens (including phenoxy) is 3. The number of esters is 1. The van der Waals surface area contributed by atoms with E-state index in [0.29, 0.717) is 17.2 Å². The van der Waals surface area contributed by atoms with Crippen LogP contribution in [0, 0.1) is 6.92 Å². The third-order valence-corrected chi connectivity index (χ3v) is 7.00. The van der Waals surface area contributed by atoms with Crippen LogP contribution in [0.5, 0.6) is 11.5 Å². The number of nitrogens with one attached hydrogen (secondary N) is 1. The fourth-order valence-electron chi connectivity index (χ4n) is 3.40. The van der Waals surface area contributed by atoms with Gasteiger partial charge >= 0.3 is 5.97 Å². The van der Waals surface area contributed by atoms with Crippen LogP contribution in [0.25, 0.3) is 0 Å². The summed E-state index contributed by atoms with van der Waals surface area (Å²) in [5.74, 6) is -0.417. The number of sulfonamides is 1. The molecule has 0 heterocycles. The van der Waals surface area contributed by atoms with E-state index in [-0.39, 0.29) is 22.8 Å². The summed E-state index contributed by atoms with van der Waals surface area (Å²) in [6.07, 6.45) is 0. The highest BCUT2D eigenvalue weighted by molar-refractivity contribution is 7.92. The molecule has 0 atom stereocenters. The van der Waals surface area contributed by atoms with Crippen molar-refractivity contribution in [2.24, 2.45) is 0 Å². The van der Waals surface area contributed by atoms with Crippen molar-refractivity contribution in [1.82, 2.24) is 0 Å². The van der Waals surface area contributed by atoms with Crippen molar-refractivity contribution in [3.05, 3.63) is 77.9 Å². The molecule has 0 saturated carbocycles. The van der Waals surface area contributed by atoms with E-state index in [1.54, 1.807) is 43.3 Å². The molecule has 0 aliphatic rings. The smallest absolute Gasteiger partial charge is 0.338 e. The predicted octanol–water partition coefficient (Wildman–Crippen LogP) is 4.02. The van der Waals surface area contributed by atoms with Gasteiger partial charge in [0.25, 0.3) is 10.0 Å². The van der Waals surface area contributed by atoms with Gasteiger partial charge in [-0.15, -0.1) is 0 Å². The van der Waals surface area contributed by atoms with Gasteiger partial charge in [0.1, 0.15) is 6.54 Å². The topological polar surface area (TPSA) is 111 Å². The van der Waals surface area contributed by atoms with Gasteiger partial charge in [-0.3, -0.25) is 9.10 Å². The van der Waals surface area contributed by atoms with E-state index in [9.17, 15) is 18.0 Å². The number of benzene rings is 3. The molecule has 3 aromatic carbocycles. The van der Waals surface area contributed by atoms with Gasteiger partial charge in [0.15, 0.2) is 11.5 Å². The number of carbonyl (C=O) groups is 2. The van der Waals surface area contributed by atoms with Crippen LogP contribution in [0.2, 0.25) is 0 Å². The lowest BCUT2D eigenvalue weighted by molar-refractivity contribution is -0.114. The Bertz CT molecular complexity index is 1340. The van der Waals surface area contributed by atoms with E-state index in [1.807, 2.05) is 6.92 Å². The molecule has 0 saturated heterocycles. The van der Waals surface area contributed by atoms with Crippen LogP contribution in [0.15, 0.2) is 71.6 Å². The Kier molecular flexibility index (Phi) is 8.55. The first-order valence-corrected chi connectivity index (χ1v) is 12.5. The summed E-state index contributed by atoms with van der Waals surface area (Å²) in [5.41, 5.74) is 1.69. The fraction of sp³-hybridized carbons (Fsp3) is 0.231. The number of nitrogens with zero attached hydrogens (tertiary/aromatic N) is 1. The molecule has 0 aromatic heterocycles. The molecule has 3 rings (SSSR count). The van der Waals surface area contributed by atoms with Crippen LogP contribution in [-0.4, -0.2) is 47.7 Å². The summed E-state index contributed by atoms with van der Waals surface area (Å²) in [5, 5.41) is 2.65. The fourth-order valence-corrected chi connectivity index (χ4v) is 4.81. The molecular formula is C26H28N2O7S. The Hall–Kier alpha value is -4.05. The SMILES string of the molecule is CCOC(=O)c1cccc(NC(=O)CN(c2ccc(OC)c(OC)c2)S(=O)(=O)c2ccc(C)cc2)c1. The maximum atomic E-state index is 13.6. The maximum absolute atomic E-state index is 13.6. The van der Waals surface area contributed by atoms with E-state index in [2.05, 4.69) is 5.32 Å². The second-order valence-corrected chi connectivity index (χ2v) is 9.58. The number of hydrogen-bond donors (Lipinski definition) is 1. The van der Waals surface area contributed by atoms with Crippen molar-refractivity contribution < 1.29 is 32.2 Å². The number of anilines is 2. The number of carbonyl (C=O) groups excluding carboxylic acids is 2. The summed E-state index contributed by atoms with van der Waals surface area (Å²) in [6.45, 7) is 3.23. The molecular weight excluding hydrogens is 484 g/mol. The van der Waals surface area contributed by atoms with Gasteiger partial charge in [-0.1, -0.05) is 23.8 Å². The van der Waals surface area contributed by atoms with Crippen molar-refractivity contribution in [3.63, 3.8) is 0 Å². The van der Waals surface area contributed by atoms with E-state index in [1.165, 1.54) is 44.6 Å². The number of rotatable bonds is 10. The van der Waals surface area contributed by atoms with E-state index in [4.69, 9.17) is 14.2 Å². The summed E-state index contributed by atoms with van der Waals surface area (Å²) in [4.78, 5) is 25.1. The van der Waals surface area contributed by atoms with Crippen molar-refractivity contribution in [2.45, 2.75) is 18.7 Å². The predicted molar refractivity (Wildman–Crippen MR) is 136 cm³/mol. The van der Waals surface area contributed by atoms with Crippen molar-refractivity contribution in [1.29, 1.82) is 0 Å². The molecule has 3 aromatic rings. The summed E-state index contributed by atoms with van der Waals surface area (Å²) in [6, 6.07) is 17.1. The van der Waals surface area contributed by atoms with E-state index < -0.39 is 28.4 Å². The second-order valence-electron chi connectivity index (χ2n) is 7.71. The molecule has 0 bridgehead atoms. The Labute approximate surface area is 210 Å². The first-order valence-electron chi connectivity index (χ1n) is 11.1. The Morgan fingerprint density at radius 3 is 2.25 bits per heavy atom. The minimum atomic E-state index is -4.13. The average molecular weight is 513 g/mol. The van der Waals surface area contributed by atoms with Crippen molar-refractivity contribution >= 4 is 33.3 Å². The molecule has 1 N–H and O–H groups in total. The number of aryl methyl sites for hydroxylation is 1. The zero-order valence-corrected chi connectivity index (χ0v) is 21.3. The third kappa shape index (κ3) is 6.14. The number of methoxy groups -OCH3 is 2. The van der Waals surface area contributed by atoms with Gasteiger partial charge < -0.3 is 19.5 Å². The third-order valence-electron chi connectivity index (χ3n) is 5.21. The highest BCUT2D eigenvalue weighted by atomic mass is 32.2. The monoisotopic (exact) mass is 512 g/mol. The lowest BCUT2D eigenvalue weighted by Crippen LogP contribution is -2.38. The summed E-state index contributed by atoms with van der Waals surface area (Å²) < 4.78 is 43.8. The number of amides is 1. The van der Waals surface area contributed by atoms with Crippen molar-refractivity contribution in [2.75, 3.05) is 37.0 Å². The van der Waals surface area contributed by atoms with Gasteiger partial charge in [-0.05, 0) is 56.3 Å². The van der Waals surface area contributed by atoms with Crippen LogP contribution in [0.4, 0.5) is 11.4 Å². The zero-order valence-electron chi connectivity index (χ0n) is 20.5. The molecule has 0 aliphatic carbocycles. The van der Waals surface area contributed by atoms with Gasteiger partial charge in [0.05, 0.1) is 37.0 Å². The van der Waals surface area contributed by atoms with E-state index >= 15 is 0 Å². The Morgan fingerprint density at radius 1 is 0.917 bits per heavy atom. The van der Waals surface area contributed by atoms with Gasteiger partial charge in [-0.25, -0.2) is 13.2 Å². The molecule has 9 nitrogen and oxygen atoms in total. The van der Waals surface area contributed by atoms with Crippen molar-refractivity contribution in [3.8, 4) is 11.5 Å². The lowest BCUT2D eigenvalue weighted by atomic mass is 10.2. The normalized spacial score (nSPS) is 10.9. The molecule has 36 heavy (non-hydrogen) atoms. The molecule has 0 aliphatic heterocycles. The van der Waals surface area contributed by atoms with Gasteiger partial charge in [-0.2, -0.15) is 0 Å². The molecule has 190 valence electrons. The van der Waals surface area contributed by atoms with Crippen LogP contribution in [-0.2, 0) is 19.6 Å². The Morgan fingerprint density at radius 2 is 1.61 bits per heavy atom. The minimum Gasteiger partial charge on any atom is -0.493 e. The molecule has 1 amide bonds. The van der Waals surface area contributed by atoms with Gasteiger partial charge in [0.2, 0.25) is 5.91 Å². The highest BCUT2D eigenvalue weighted by Crippen LogP contribution is 2.34. The number of hydrogen-bond acceptors (Lipinski definition) is 7. The minimum absolute atomic E-state index is 0.0278. The molecule has 10 heteroatoms. The largest absolute Gasteiger partial charge is 0.493 e. The van der Waals surface area contributed by atoms with Crippen LogP contribution in [0.3, 0.4) is 0 Å². The standard InChI is InChI=1S/C26H28N2O7S/c1-5-35-26(30)19-7-6-8-20(15-19)27-25(29)17-28(21-11-14-23(33-3)24(16-21)34-4)36(31,32)22-12-9-18(2)10-13-22/h6-16H,5,17H2,1-4H3,(H,27,29). The molecule has 0 unspecified atom stereocenters. The summed E-state index contributed by atoms with van der Waals surface area (Å²) >= 11 is 0. The Balaban J connectivity index is 1.96. The first kappa shape index (κ1) is 26.6. The molecule has 0 spiro atoms. The zero-order chi connectivity index (χ0) is 26.3. The second kappa shape index (κ2) is 11.6. The molecule has 0 radical (unpaired) electrons. The maximum Gasteiger partial charge on any atom is 0.338 e. The van der Waals surface area contributed by atoms with Gasteiger partial charge in [0, 0.05) is 11.8 Å². The van der Waals surface area contributed by atoms with Crippen LogP contribution < -0.4 is 19.1 Å². The average Bonchev–Trinajstić information content (AvgIpc) is 2.87. The van der Waals surface area contributed by atoms with E-state index in [0.717, 1.165) is 9.87 Å². The van der Waals surface area contributed by atoms with Crippen LogP contribution >= 0.6 is 0 Å². The highest BCUT2D eigenvalue weighted by Gasteiger charge is 2.28. The first-order chi connectivity index (χ1) is 17.2. The quantitative estimate of drug-likeness (QED) is 0.409. The summed E-state index contributed by atoms with van der Waals surface area (Å²) in [7, 11) is -1.23. The van der Waals surface area contributed by atoms with Crippen LogP contribution in [0.1, 0.15) is 22.8 Å². The molecule has 0 fully saturated rings.